The Bertz CT molecular complexity index is 681. The summed E-state index contributed by atoms with van der Waals surface area (Å²) in [5.74, 6) is 1.44. The van der Waals surface area contributed by atoms with Crippen molar-refractivity contribution in [1.82, 2.24) is 20.1 Å². The molecule has 3 rings (SSSR count). The van der Waals surface area contributed by atoms with E-state index in [4.69, 9.17) is 0 Å². The van der Waals surface area contributed by atoms with Crippen molar-refractivity contribution in [3.8, 4) is 5.82 Å². The first kappa shape index (κ1) is 21.4. The first-order valence-electron chi connectivity index (χ1n) is 8.12. The molecule has 2 aromatic rings. The first-order valence-corrected chi connectivity index (χ1v) is 8.12. The summed E-state index contributed by atoms with van der Waals surface area (Å²) in [6, 6.07) is 5.75. The van der Waals surface area contributed by atoms with Crippen molar-refractivity contribution in [2.75, 3.05) is 18.4 Å². The first-order chi connectivity index (χ1) is 11.1. The molecular weight excluding hydrogens is 361 g/mol. The Hall–Kier alpha value is -1.63. The lowest BCUT2D eigenvalue weighted by Crippen LogP contribution is -2.15. The lowest BCUT2D eigenvalue weighted by Gasteiger charge is -2.09. The van der Waals surface area contributed by atoms with Gasteiger partial charge in [-0.05, 0) is 63.9 Å². The van der Waals surface area contributed by atoms with Crippen molar-refractivity contribution in [3.63, 3.8) is 0 Å². The van der Waals surface area contributed by atoms with Crippen LogP contribution in [0, 0.1) is 19.8 Å². The number of carbonyl (C=O) groups is 1. The minimum atomic E-state index is 0. The van der Waals surface area contributed by atoms with E-state index in [1.54, 1.807) is 10.9 Å². The van der Waals surface area contributed by atoms with Crippen LogP contribution in [0.5, 0.6) is 0 Å². The quantitative estimate of drug-likeness (QED) is 0.829. The number of nitrogens with one attached hydrogen (secondary N) is 2. The zero-order valence-corrected chi connectivity index (χ0v) is 16.1. The van der Waals surface area contributed by atoms with Crippen molar-refractivity contribution in [2.24, 2.45) is 5.92 Å². The Morgan fingerprint density at radius 2 is 2.16 bits per heavy atom. The van der Waals surface area contributed by atoms with Crippen molar-refractivity contribution in [1.29, 1.82) is 0 Å². The highest BCUT2D eigenvalue weighted by Crippen LogP contribution is 2.16. The fourth-order valence-electron chi connectivity index (χ4n) is 2.97. The van der Waals surface area contributed by atoms with Gasteiger partial charge < -0.3 is 10.6 Å². The lowest BCUT2D eigenvalue weighted by molar-refractivity contribution is -0.116. The molecule has 1 amide bonds. The summed E-state index contributed by atoms with van der Waals surface area (Å²) < 4.78 is 1.80. The minimum Gasteiger partial charge on any atom is -0.325 e. The molecule has 0 saturated carbocycles. The third kappa shape index (κ3) is 5.70. The van der Waals surface area contributed by atoms with Crippen LogP contribution in [0.25, 0.3) is 5.82 Å². The maximum atomic E-state index is 12.0. The third-order valence-electron chi connectivity index (χ3n) is 4.20. The average molecular weight is 386 g/mol. The van der Waals surface area contributed by atoms with E-state index in [1.165, 1.54) is 6.42 Å². The highest BCUT2D eigenvalue weighted by molar-refractivity contribution is 5.90. The Labute approximate surface area is 160 Å². The summed E-state index contributed by atoms with van der Waals surface area (Å²) in [5.41, 5.74) is 2.73. The number of nitrogens with zero attached hydrogens (tertiary/aromatic N) is 3. The second kappa shape index (κ2) is 9.75. The van der Waals surface area contributed by atoms with E-state index in [0.717, 1.165) is 42.4 Å². The summed E-state index contributed by atoms with van der Waals surface area (Å²) in [6.07, 6.45) is 4.36. The van der Waals surface area contributed by atoms with Gasteiger partial charge in [-0.25, -0.2) is 9.67 Å². The Morgan fingerprint density at radius 3 is 2.72 bits per heavy atom. The Morgan fingerprint density at radius 1 is 1.36 bits per heavy atom. The minimum absolute atomic E-state index is 0. The molecule has 138 valence electrons. The van der Waals surface area contributed by atoms with Crippen LogP contribution in [0.3, 0.4) is 0 Å². The van der Waals surface area contributed by atoms with Gasteiger partial charge in [0.05, 0.1) is 17.6 Å². The second-order valence-electron chi connectivity index (χ2n) is 6.19. The van der Waals surface area contributed by atoms with E-state index in [0.29, 0.717) is 12.3 Å². The third-order valence-corrected chi connectivity index (χ3v) is 4.20. The molecule has 0 bridgehead atoms. The molecule has 1 aliphatic heterocycles. The van der Waals surface area contributed by atoms with Crippen LogP contribution in [0.4, 0.5) is 5.69 Å². The number of aryl methyl sites for hydroxylation is 2. The molecule has 6 nitrogen and oxygen atoms in total. The van der Waals surface area contributed by atoms with Gasteiger partial charge in [-0.1, -0.05) is 0 Å². The van der Waals surface area contributed by atoms with E-state index in [9.17, 15) is 4.79 Å². The van der Waals surface area contributed by atoms with Gasteiger partial charge >= 0.3 is 0 Å². The topological polar surface area (TPSA) is 71.8 Å². The molecule has 1 unspecified atom stereocenters. The van der Waals surface area contributed by atoms with Gasteiger partial charge in [0.15, 0.2) is 5.82 Å². The van der Waals surface area contributed by atoms with Gasteiger partial charge in [-0.15, -0.1) is 24.8 Å². The highest BCUT2D eigenvalue weighted by Gasteiger charge is 2.15. The van der Waals surface area contributed by atoms with E-state index >= 15 is 0 Å². The molecule has 2 N–H and O–H groups in total. The summed E-state index contributed by atoms with van der Waals surface area (Å²) in [5, 5.41) is 10.6. The van der Waals surface area contributed by atoms with E-state index < -0.39 is 0 Å². The number of carbonyl (C=O) groups excluding carboxylic acids is 1. The van der Waals surface area contributed by atoms with Crippen LogP contribution in [0.1, 0.15) is 30.7 Å². The zero-order chi connectivity index (χ0) is 16.2. The van der Waals surface area contributed by atoms with Gasteiger partial charge in [-0.2, -0.15) is 5.10 Å². The molecule has 1 fully saturated rings. The van der Waals surface area contributed by atoms with Gasteiger partial charge in [-0.3, -0.25) is 4.79 Å². The molecule has 2 aromatic heterocycles. The number of aromatic nitrogens is 3. The molecule has 0 spiro atoms. The number of rotatable bonds is 5. The molecule has 1 atom stereocenters. The number of pyridine rings is 1. The van der Waals surface area contributed by atoms with Crippen molar-refractivity contribution >= 4 is 36.4 Å². The SMILES string of the molecule is Cc1cc(C)n(-c2ccc(NC(=O)CCC3CCNC3)cn2)n1.Cl.Cl. The fraction of sp³-hybridized carbons (Fsp3) is 0.471. The number of anilines is 1. The van der Waals surface area contributed by atoms with Crippen LogP contribution in [0.15, 0.2) is 24.4 Å². The molecular formula is C17H25Cl2N5O. The predicted octanol–water partition coefficient (Wildman–Crippen LogP) is 3.06. The smallest absolute Gasteiger partial charge is 0.224 e. The molecule has 0 aliphatic carbocycles. The maximum Gasteiger partial charge on any atom is 0.224 e. The number of hydrogen-bond donors (Lipinski definition) is 2. The molecule has 25 heavy (non-hydrogen) atoms. The van der Waals surface area contributed by atoms with Gasteiger partial charge in [0.25, 0.3) is 0 Å². The maximum absolute atomic E-state index is 12.0. The summed E-state index contributed by atoms with van der Waals surface area (Å²) >= 11 is 0. The van der Waals surface area contributed by atoms with Crippen LogP contribution < -0.4 is 10.6 Å². The lowest BCUT2D eigenvalue weighted by atomic mass is 10.0. The average Bonchev–Trinajstić information content (AvgIpc) is 3.15. The monoisotopic (exact) mass is 385 g/mol. The summed E-state index contributed by atoms with van der Waals surface area (Å²) in [7, 11) is 0. The van der Waals surface area contributed by atoms with Crippen LogP contribution >= 0.6 is 24.8 Å². The number of hydrogen-bond acceptors (Lipinski definition) is 4. The van der Waals surface area contributed by atoms with Crippen molar-refractivity contribution < 1.29 is 4.79 Å². The molecule has 1 aliphatic rings. The van der Waals surface area contributed by atoms with Crippen molar-refractivity contribution in [2.45, 2.75) is 33.1 Å². The van der Waals surface area contributed by atoms with E-state index in [1.807, 2.05) is 32.0 Å². The van der Waals surface area contributed by atoms with E-state index in [2.05, 4.69) is 20.7 Å². The van der Waals surface area contributed by atoms with Crippen LogP contribution in [0.2, 0.25) is 0 Å². The second-order valence-corrected chi connectivity index (χ2v) is 6.19. The predicted molar refractivity (Wildman–Crippen MR) is 104 cm³/mol. The van der Waals surface area contributed by atoms with Crippen molar-refractivity contribution in [3.05, 3.63) is 35.8 Å². The Kier molecular flexibility index (Phi) is 8.35. The standard InChI is InChI=1S/C17H23N5O.2ClH/c1-12-9-13(2)22(21-12)16-5-4-15(11-19-16)20-17(23)6-3-14-7-8-18-10-14;;/h4-5,9,11,14,18H,3,6-8,10H2,1-2H3,(H,20,23);2*1H. The van der Waals surface area contributed by atoms with Gasteiger partial charge in [0, 0.05) is 12.1 Å². The molecule has 0 aromatic carbocycles. The number of amides is 1. The van der Waals surface area contributed by atoms with Gasteiger partial charge in [0.2, 0.25) is 5.91 Å². The Balaban J connectivity index is 0.00000156. The van der Waals surface area contributed by atoms with Crippen LogP contribution in [-0.2, 0) is 4.79 Å². The molecule has 8 heteroatoms. The molecule has 3 heterocycles. The number of halogens is 2. The summed E-state index contributed by atoms with van der Waals surface area (Å²) in [6.45, 7) is 6.06. The molecule has 1 saturated heterocycles. The molecule has 0 radical (unpaired) electrons. The normalized spacial score (nSPS) is 16.0. The highest BCUT2D eigenvalue weighted by atomic mass is 35.5. The van der Waals surface area contributed by atoms with E-state index in [-0.39, 0.29) is 30.7 Å². The fourth-order valence-corrected chi connectivity index (χ4v) is 2.97. The zero-order valence-electron chi connectivity index (χ0n) is 14.5. The van der Waals surface area contributed by atoms with Gasteiger partial charge in [0.1, 0.15) is 0 Å². The van der Waals surface area contributed by atoms with Crippen LogP contribution in [-0.4, -0.2) is 33.8 Å². The largest absolute Gasteiger partial charge is 0.325 e. The summed E-state index contributed by atoms with van der Waals surface area (Å²) in [4.78, 5) is 16.4.